The summed E-state index contributed by atoms with van der Waals surface area (Å²) in [4.78, 5) is 72.4. The van der Waals surface area contributed by atoms with Crippen molar-refractivity contribution >= 4 is 39.5 Å². The molecule has 0 saturated carbocycles. The van der Waals surface area contributed by atoms with E-state index in [2.05, 4.69) is 72.8 Å². The Balaban J connectivity index is 5.27. The highest BCUT2D eigenvalue weighted by Gasteiger charge is 2.30. The zero-order chi connectivity index (χ0) is 65.2. The second-order valence-corrected chi connectivity index (χ2v) is 28.6. The summed E-state index contributed by atoms with van der Waals surface area (Å²) in [5.41, 5.74) is 0. The molecule has 0 radical (unpaired) electrons. The summed E-state index contributed by atoms with van der Waals surface area (Å²) < 4.78 is 68.1. The Morgan fingerprint density at radius 2 is 0.614 bits per heavy atom. The first kappa shape index (κ1) is 85.5. The molecule has 0 aliphatic rings. The Morgan fingerprint density at radius 1 is 0.352 bits per heavy atom. The average molecular weight is 1290 g/mol. The summed E-state index contributed by atoms with van der Waals surface area (Å²) >= 11 is 0. The standard InChI is InChI=1S/C69H130O17P2/c1-8-9-10-11-12-13-14-15-16-17-20-23-28-38-45-52-68(73)86-65(57-80-67(72)51-44-37-32-31-35-42-49-62(6)7)59-84-88(77,78)82-55-63(70)54-81-87(75,76)83-58-64(56-79-66(71)50-43-36-30-25-27-34-41-48-61(4)5)85-69(74)53-46-39-29-24-21-18-19-22-26-33-40-47-60(2)3/h13-16,60-65,70H,8-12,17-59H2,1-7H3,(H,75,76)(H,77,78)/b14-13-,16-15-/t63-,64-,65-/m1/s1. The maximum absolute atomic E-state index is 13.0. The van der Waals surface area contributed by atoms with Crippen LogP contribution in [0.1, 0.15) is 318 Å². The highest BCUT2D eigenvalue weighted by atomic mass is 31.2. The minimum Gasteiger partial charge on any atom is -0.462 e. The second kappa shape index (κ2) is 59.5. The van der Waals surface area contributed by atoms with Crippen molar-refractivity contribution in [2.24, 2.45) is 17.8 Å². The normalized spacial score (nSPS) is 14.4. The fraction of sp³-hybridized carbons (Fsp3) is 0.884. The van der Waals surface area contributed by atoms with Crippen LogP contribution in [0.5, 0.6) is 0 Å². The number of aliphatic hydroxyl groups is 1. The second-order valence-electron chi connectivity index (χ2n) is 25.7. The number of carbonyl (C=O) groups is 4. The number of rotatable bonds is 65. The van der Waals surface area contributed by atoms with Crippen LogP contribution < -0.4 is 0 Å². The van der Waals surface area contributed by atoms with E-state index in [-0.39, 0.29) is 25.7 Å². The lowest BCUT2D eigenvalue weighted by Gasteiger charge is -2.21. The van der Waals surface area contributed by atoms with Gasteiger partial charge in [0.05, 0.1) is 26.4 Å². The van der Waals surface area contributed by atoms with Gasteiger partial charge in [0.15, 0.2) is 12.2 Å². The van der Waals surface area contributed by atoms with E-state index in [1.165, 1.54) is 103 Å². The van der Waals surface area contributed by atoms with E-state index in [1.54, 1.807) is 0 Å². The molecule has 3 N–H and O–H groups in total. The molecule has 0 aromatic rings. The van der Waals surface area contributed by atoms with Crippen molar-refractivity contribution in [1.82, 2.24) is 0 Å². The monoisotopic (exact) mass is 1290 g/mol. The summed E-state index contributed by atoms with van der Waals surface area (Å²) in [7, 11) is -9.91. The first-order valence-corrected chi connectivity index (χ1v) is 38.2. The molecule has 0 aliphatic carbocycles. The molecule has 5 atom stereocenters. The number of hydrogen-bond acceptors (Lipinski definition) is 15. The molecule has 0 aliphatic heterocycles. The van der Waals surface area contributed by atoms with Crippen molar-refractivity contribution in [3.8, 4) is 0 Å². The lowest BCUT2D eigenvalue weighted by Crippen LogP contribution is -2.30. The summed E-state index contributed by atoms with van der Waals surface area (Å²) in [6.45, 7) is 11.6. The van der Waals surface area contributed by atoms with Gasteiger partial charge in [0.25, 0.3) is 0 Å². The first-order valence-electron chi connectivity index (χ1n) is 35.2. The molecule has 0 amide bonds. The molecular formula is C69H130O17P2. The first-order chi connectivity index (χ1) is 42.2. The SMILES string of the molecule is CCCCCC/C=C\C=C/CCCCCCCC(=O)O[C@H](COC(=O)CCCCCCCCC(C)C)COP(=O)(O)OC[C@H](O)COP(=O)(O)OC[C@@H](COC(=O)CCCCCCCCCC(C)C)OC(=O)CCCCCCCCCCCCCC(C)C. The maximum Gasteiger partial charge on any atom is 0.472 e. The van der Waals surface area contributed by atoms with Gasteiger partial charge in [0.1, 0.15) is 19.3 Å². The zero-order valence-corrected chi connectivity index (χ0v) is 58.5. The number of carbonyl (C=O) groups excluding carboxylic acids is 4. The zero-order valence-electron chi connectivity index (χ0n) is 56.7. The highest BCUT2D eigenvalue weighted by molar-refractivity contribution is 7.47. The van der Waals surface area contributed by atoms with E-state index in [9.17, 15) is 43.2 Å². The minimum atomic E-state index is -4.96. The van der Waals surface area contributed by atoms with Crippen LogP contribution in [-0.2, 0) is 65.4 Å². The fourth-order valence-electron chi connectivity index (χ4n) is 9.82. The van der Waals surface area contributed by atoms with Gasteiger partial charge in [0.2, 0.25) is 0 Å². The Morgan fingerprint density at radius 3 is 0.920 bits per heavy atom. The Hall–Kier alpha value is -2.46. The smallest absolute Gasteiger partial charge is 0.462 e. The quantitative estimate of drug-likeness (QED) is 0.0169. The van der Waals surface area contributed by atoms with Crippen molar-refractivity contribution < 1.29 is 80.2 Å². The van der Waals surface area contributed by atoms with Gasteiger partial charge in [-0.25, -0.2) is 9.13 Å². The fourth-order valence-corrected chi connectivity index (χ4v) is 11.4. The maximum atomic E-state index is 13.0. The van der Waals surface area contributed by atoms with Gasteiger partial charge in [-0.05, 0) is 69.1 Å². The highest BCUT2D eigenvalue weighted by Crippen LogP contribution is 2.45. The molecule has 2 unspecified atom stereocenters. The van der Waals surface area contributed by atoms with Crippen molar-refractivity contribution in [2.75, 3.05) is 39.6 Å². The molecular weight excluding hydrogens is 1160 g/mol. The molecule has 0 rings (SSSR count). The summed E-state index contributed by atoms with van der Waals surface area (Å²) in [6, 6.07) is 0. The van der Waals surface area contributed by atoms with E-state index >= 15 is 0 Å². The summed E-state index contributed by atoms with van der Waals surface area (Å²) in [5.74, 6) is -0.0188. The third-order valence-electron chi connectivity index (χ3n) is 15.3. The van der Waals surface area contributed by atoms with Gasteiger partial charge in [-0.2, -0.15) is 0 Å². The minimum absolute atomic E-state index is 0.0834. The number of esters is 4. The lowest BCUT2D eigenvalue weighted by molar-refractivity contribution is -0.161. The molecule has 0 bridgehead atoms. The van der Waals surface area contributed by atoms with E-state index < -0.39 is 97.5 Å². The van der Waals surface area contributed by atoms with Crippen LogP contribution in [0.25, 0.3) is 0 Å². The Bertz CT molecular complexity index is 1830. The van der Waals surface area contributed by atoms with Gasteiger partial charge >= 0.3 is 39.5 Å². The van der Waals surface area contributed by atoms with E-state index in [0.717, 1.165) is 121 Å². The molecule has 88 heavy (non-hydrogen) atoms. The molecule has 17 nitrogen and oxygen atoms in total. The van der Waals surface area contributed by atoms with E-state index in [4.69, 9.17) is 37.0 Å². The van der Waals surface area contributed by atoms with Crippen LogP contribution in [0.15, 0.2) is 24.3 Å². The van der Waals surface area contributed by atoms with Gasteiger partial charge in [-0.15, -0.1) is 0 Å². The van der Waals surface area contributed by atoms with Crippen LogP contribution in [0.3, 0.4) is 0 Å². The van der Waals surface area contributed by atoms with E-state index in [1.807, 2.05) is 0 Å². The molecule has 0 spiro atoms. The van der Waals surface area contributed by atoms with Crippen LogP contribution in [-0.4, -0.2) is 96.7 Å². The van der Waals surface area contributed by atoms with Crippen LogP contribution >= 0.6 is 15.6 Å². The molecule has 518 valence electrons. The van der Waals surface area contributed by atoms with Crippen LogP contribution in [0, 0.1) is 17.8 Å². The lowest BCUT2D eigenvalue weighted by atomic mass is 10.0. The number of aliphatic hydroxyl groups excluding tert-OH is 1. The number of ether oxygens (including phenoxy) is 4. The summed E-state index contributed by atoms with van der Waals surface area (Å²) in [5, 5.41) is 10.6. The largest absolute Gasteiger partial charge is 0.472 e. The third-order valence-corrected chi connectivity index (χ3v) is 17.2. The van der Waals surface area contributed by atoms with Crippen LogP contribution in [0.2, 0.25) is 0 Å². The molecule has 0 aromatic carbocycles. The number of allylic oxidation sites excluding steroid dienone is 4. The average Bonchev–Trinajstić information content (AvgIpc) is 3.48. The van der Waals surface area contributed by atoms with Crippen molar-refractivity contribution in [3.63, 3.8) is 0 Å². The molecule has 0 aromatic heterocycles. The van der Waals surface area contributed by atoms with Crippen molar-refractivity contribution in [3.05, 3.63) is 24.3 Å². The Labute approximate surface area is 535 Å². The van der Waals surface area contributed by atoms with Gasteiger partial charge in [-0.3, -0.25) is 37.3 Å². The van der Waals surface area contributed by atoms with E-state index in [0.29, 0.717) is 37.5 Å². The predicted molar refractivity (Wildman–Crippen MR) is 354 cm³/mol. The van der Waals surface area contributed by atoms with Gasteiger partial charge in [-0.1, -0.05) is 265 Å². The van der Waals surface area contributed by atoms with Crippen molar-refractivity contribution in [2.45, 2.75) is 336 Å². The molecule has 0 saturated heterocycles. The van der Waals surface area contributed by atoms with Crippen LogP contribution in [0.4, 0.5) is 0 Å². The summed E-state index contributed by atoms with van der Waals surface area (Å²) in [6.07, 6.45) is 45.5. The Kier molecular flexibility index (Phi) is 57.9. The van der Waals surface area contributed by atoms with Gasteiger partial charge in [0, 0.05) is 25.7 Å². The molecule has 0 heterocycles. The number of phosphoric ester groups is 2. The molecule has 19 heteroatoms. The predicted octanol–water partition coefficient (Wildman–Crippen LogP) is 19.0. The number of unbranched alkanes of at least 4 members (excludes halogenated alkanes) is 30. The number of hydrogen-bond donors (Lipinski definition) is 3. The topological polar surface area (TPSA) is 237 Å². The number of phosphoric acid groups is 2. The molecule has 0 fully saturated rings. The van der Waals surface area contributed by atoms with Crippen molar-refractivity contribution in [1.29, 1.82) is 0 Å². The van der Waals surface area contributed by atoms with Gasteiger partial charge < -0.3 is 33.8 Å². The third kappa shape index (κ3) is 62.4.